The van der Waals surface area contributed by atoms with Crippen LogP contribution < -0.4 is 4.74 Å². The average Bonchev–Trinajstić information content (AvgIpc) is 2.63. The predicted octanol–water partition coefficient (Wildman–Crippen LogP) is 3.04. The van der Waals surface area contributed by atoms with Crippen LogP contribution in [0, 0.1) is 6.92 Å². The maximum absolute atomic E-state index is 12.9. The normalized spacial score (nSPS) is 19.0. The van der Waals surface area contributed by atoms with E-state index in [9.17, 15) is 21.6 Å². The van der Waals surface area contributed by atoms with Crippen molar-refractivity contribution in [1.82, 2.24) is 14.5 Å². The summed E-state index contributed by atoms with van der Waals surface area (Å²) < 4.78 is 71.1. The van der Waals surface area contributed by atoms with Crippen molar-refractivity contribution < 1.29 is 26.3 Å². The molecule has 2 aromatic rings. The van der Waals surface area contributed by atoms with E-state index in [1.165, 1.54) is 6.07 Å². The first-order valence-electron chi connectivity index (χ1n) is 8.31. The van der Waals surface area contributed by atoms with Crippen molar-refractivity contribution in [3.8, 4) is 5.88 Å². The van der Waals surface area contributed by atoms with Crippen LogP contribution in [0.25, 0.3) is 0 Å². The number of aromatic nitrogens is 2. The lowest BCUT2D eigenvalue weighted by Crippen LogP contribution is -2.44. The van der Waals surface area contributed by atoms with Crippen LogP contribution in [-0.4, -0.2) is 42.1 Å². The number of benzene rings is 1. The van der Waals surface area contributed by atoms with Crippen molar-refractivity contribution in [3.05, 3.63) is 47.7 Å². The van der Waals surface area contributed by atoms with Crippen molar-refractivity contribution >= 4 is 10.0 Å². The van der Waals surface area contributed by atoms with E-state index in [1.54, 1.807) is 19.1 Å². The summed E-state index contributed by atoms with van der Waals surface area (Å²) in [4.78, 5) is -0.381. The molecule has 1 atom stereocenters. The highest BCUT2D eigenvalue weighted by atomic mass is 32.2. The number of piperidine rings is 1. The van der Waals surface area contributed by atoms with Crippen molar-refractivity contribution in [1.29, 1.82) is 0 Å². The molecule has 10 heteroatoms. The molecule has 0 amide bonds. The fraction of sp³-hybridized carbons (Fsp3) is 0.412. The van der Waals surface area contributed by atoms with Gasteiger partial charge in [0.05, 0.1) is 22.7 Å². The fourth-order valence-corrected chi connectivity index (χ4v) is 4.38. The second kappa shape index (κ2) is 7.43. The van der Waals surface area contributed by atoms with Crippen LogP contribution in [-0.2, 0) is 16.2 Å². The number of rotatable bonds is 4. The van der Waals surface area contributed by atoms with Crippen molar-refractivity contribution in [2.75, 3.05) is 13.1 Å². The summed E-state index contributed by atoms with van der Waals surface area (Å²) >= 11 is 0. The highest BCUT2D eigenvalue weighted by Gasteiger charge is 2.35. The molecule has 0 saturated carbocycles. The highest BCUT2D eigenvalue weighted by Crippen LogP contribution is 2.31. The molecule has 0 aliphatic carbocycles. The Morgan fingerprint density at radius 3 is 2.63 bits per heavy atom. The van der Waals surface area contributed by atoms with E-state index in [4.69, 9.17) is 4.74 Å². The molecular formula is C17H18F3N3O3S. The summed E-state index contributed by atoms with van der Waals surface area (Å²) in [5, 5.41) is 7.77. The number of hydrogen-bond acceptors (Lipinski definition) is 5. The summed E-state index contributed by atoms with van der Waals surface area (Å²) in [7, 11) is -4.06. The van der Waals surface area contributed by atoms with Crippen LogP contribution in [0.2, 0.25) is 0 Å². The van der Waals surface area contributed by atoms with E-state index in [0.717, 1.165) is 22.1 Å². The van der Waals surface area contributed by atoms with E-state index in [0.29, 0.717) is 18.9 Å². The Morgan fingerprint density at radius 1 is 1.19 bits per heavy atom. The molecule has 1 aliphatic rings. The lowest BCUT2D eigenvalue weighted by molar-refractivity contribution is -0.137. The second-order valence-electron chi connectivity index (χ2n) is 6.28. The van der Waals surface area contributed by atoms with E-state index in [2.05, 4.69) is 10.2 Å². The van der Waals surface area contributed by atoms with Crippen LogP contribution in [0.4, 0.5) is 13.2 Å². The van der Waals surface area contributed by atoms with Crippen LogP contribution in [0.5, 0.6) is 5.88 Å². The number of hydrogen-bond donors (Lipinski definition) is 0. The summed E-state index contributed by atoms with van der Waals surface area (Å²) in [5.74, 6) is 0.281. The van der Waals surface area contributed by atoms with E-state index in [-0.39, 0.29) is 23.9 Å². The zero-order valence-electron chi connectivity index (χ0n) is 14.5. The third-order valence-corrected chi connectivity index (χ3v) is 6.06. The van der Waals surface area contributed by atoms with Crippen LogP contribution in [0.3, 0.4) is 0 Å². The minimum Gasteiger partial charge on any atom is -0.472 e. The van der Waals surface area contributed by atoms with Gasteiger partial charge in [-0.2, -0.15) is 22.6 Å². The first-order valence-corrected chi connectivity index (χ1v) is 9.75. The molecule has 1 saturated heterocycles. The molecule has 146 valence electrons. The Kier molecular flexibility index (Phi) is 5.38. The minimum absolute atomic E-state index is 0.0358. The minimum atomic E-state index is -4.61. The van der Waals surface area contributed by atoms with Crippen molar-refractivity contribution in [2.45, 2.75) is 36.9 Å². The number of ether oxygens (including phenoxy) is 1. The maximum atomic E-state index is 12.9. The molecule has 1 aromatic heterocycles. The van der Waals surface area contributed by atoms with Crippen LogP contribution in [0.1, 0.15) is 24.1 Å². The Morgan fingerprint density at radius 2 is 1.96 bits per heavy atom. The van der Waals surface area contributed by atoms with Gasteiger partial charge in [-0.3, -0.25) is 0 Å². The SMILES string of the molecule is Cc1ccc(OC2CCCN(S(=O)(=O)c3cccc(C(F)(F)F)c3)C2)nn1. The molecule has 0 N–H and O–H groups in total. The van der Waals surface area contributed by atoms with Crippen LogP contribution >= 0.6 is 0 Å². The smallest absolute Gasteiger partial charge is 0.416 e. The van der Waals surface area contributed by atoms with Gasteiger partial charge in [-0.05, 0) is 44.0 Å². The van der Waals surface area contributed by atoms with Gasteiger partial charge in [0.15, 0.2) is 0 Å². The van der Waals surface area contributed by atoms with E-state index in [1.807, 2.05) is 0 Å². The first kappa shape index (κ1) is 19.6. The Hall–Kier alpha value is -2.20. The Balaban J connectivity index is 1.77. The van der Waals surface area contributed by atoms with Gasteiger partial charge in [0.25, 0.3) is 0 Å². The van der Waals surface area contributed by atoms with Gasteiger partial charge < -0.3 is 4.74 Å². The Bertz CT molecular complexity index is 902. The topological polar surface area (TPSA) is 72.4 Å². The zero-order valence-corrected chi connectivity index (χ0v) is 15.3. The van der Waals surface area contributed by atoms with Gasteiger partial charge in [-0.25, -0.2) is 8.42 Å². The molecule has 0 radical (unpaired) electrons. The summed E-state index contributed by atoms with van der Waals surface area (Å²) in [6, 6.07) is 7.13. The Labute approximate surface area is 155 Å². The number of nitrogens with zero attached hydrogens (tertiary/aromatic N) is 3. The molecule has 0 spiro atoms. The summed E-state index contributed by atoms with van der Waals surface area (Å²) in [5.41, 5.74) is -0.275. The lowest BCUT2D eigenvalue weighted by Gasteiger charge is -2.31. The monoisotopic (exact) mass is 401 g/mol. The summed E-state index contributed by atoms with van der Waals surface area (Å²) in [6.07, 6.45) is -3.91. The first-order chi connectivity index (χ1) is 12.7. The standard InChI is InChI=1S/C17H18F3N3O3S/c1-12-7-8-16(22-21-12)26-14-5-3-9-23(11-14)27(24,25)15-6-2-4-13(10-15)17(18,19)20/h2,4,6-8,10,14H,3,5,9,11H2,1H3. The molecule has 0 bridgehead atoms. The number of halogens is 3. The molecule has 1 aromatic carbocycles. The van der Waals surface area contributed by atoms with Crippen molar-refractivity contribution in [3.63, 3.8) is 0 Å². The highest BCUT2D eigenvalue weighted by molar-refractivity contribution is 7.89. The molecule has 27 heavy (non-hydrogen) atoms. The second-order valence-corrected chi connectivity index (χ2v) is 8.22. The third kappa shape index (κ3) is 4.56. The van der Waals surface area contributed by atoms with Gasteiger partial charge in [0.2, 0.25) is 15.9 Å². The molecule has 1 fully saturated rings. The lowest BCUT2D eigenvalue weighted by atomic mass is 10.1. The number of alkyl halides is 3. The number of aryl methyl sites for hydroxylation is 1. The quantitative estimate of drug-likeness (QED) is 0.788. The molecule has 1 unspecified atom stereocenters. The zero-order chi connectivity index (χ0) is 19.7. The van der Waals surface area contributed by atoms with E-state index < -0.39 is 27.9 Å². The summed E-state index contributed by atoms with van der Waals surface area (Å²) in [6.45, 7) is 2.03. The molecule has 1 aliphatic heterocycles. The van der Waals surface area contributed by atoms with Crippen molar-refractivity contribution in [2.24, 2.45) is 0 Å². The predicted molar refractivity (Wildman–Crippen MR) is 90.6 cm³/mol. The number of sulfonamides is 1. The molecular weight excluding hydrogens is 383 g/mol. The maximum Gasteiger partial charge on any atom is 0.416 e. The van der Waals surface area contributed by atoms with Gasteiger partial charge in [0, 0.05) is 12.6 Å². The van der Waals surface area contributed by atoms with E-state index >= 15 is 0 Å². The fourth-order valence-electron chi connectivity index (χ4n) is 2.82. The third-order valence-electron chi connectivity index (χ3n) is 4.20. The van der Waals surface area contributed by atoms with Crippen LogP contribution in [0.15, 0.2) is 41.3 Å². The largest absolute Gasteiger partial charge is 0.472 e. The average molecular weight is 401 g/mol. The molecule has 6 nitrogen and oxygen atoms in total. The molecule has 3 rings (SSSR count). The van der Waals surface area contributed by atoms with Gasteiger partial charge in [-0.15, -0.1) is 5.10 Å². The molecule has 2 heterocycles. The van der Waals surface area contributed by atoms with Gasteiger partial charge >= 0.3 is 6.18 Å². The van der Waals surface area contributed by atoms with Gasteiger partial charge in [-0.1, -0.05) is 6.07 Å². The van der Waals surface area contributed by atoms with Gasteiger partial charge in [0.1, 0.15) is 6.10 Å².